The van der Waals surface area contributed by atoms with Gasteiger partial charge in [-0.1, -0.05) is 35.9 Å². The molecular weight excluding hydrogens is 421 g/mol. The lowest BCUT2D eigenvalue weighted by Crippen LogP contribution is -2.47. The lowest BCUT2D eigenvalue weighted by Gasteiger charge is -2.15. The van der Waals surface area contributed by atoms with Gasteiger partial charge in [-0.05, 0) is 44.3 Å². The Morgan fingerprint density at radius 3 is 2.74 bits per heavy atom. The van der Waals surface area contributed by atoms with Gasteiger partial charge in [0.15, 0.2) is 28.3 Å². The number of benzene rings is 2. The van der Waals surface area contributed by atoms with Crippen LogP contribution in [-0.4, -0.2) is 32.7 Å². The van der Waals surface area contributed by atoms with E-state index >= 15 is 0 Å². The molecule has 0 saturated heterocycles. The molecule has 2 amide bonds. The number of hydrazine groups is 1. The van der Waals surface area contributed by atoms with Crippen LogP contribution >= 0.6 is 12.2 Å². The van der Waals surface area contributed by atoms with Crippen LogP contribution in [0.4, 0.5) is 4.39 Å². The zero-order valence-corrected chi connectivity index (χ0v) is 17.8. The fourth-order valence-corrected chi connectivity index (χ4v) is 3.05. The number of hydrogen-bond donors (Lipinski definition) is 3. The number of rotatable bonds is 7. The number of nitrogens with zero attached hydrogens (tertiary/aromatic N) is 2. The second-order valence-electron chi connectivity index (χ2n) is 6.85. The molecule has 1 aromatic heterocycles. The number of para-hydroxylation sites is 1. The van der Waals surface area contributed by atoms with Crippen molar-refractivity contribution in [2.45, 2.75) is 32.9 Å². The maximum atomic E-state index is 13.6. The van der Waals surface area contributed by atoms with Crippen LogP contribution in [0.2, 0.25) is 0 Å². The third kappa shape index (κ3) is 5.76. The van der Waals surface area contributed by atoms with E-state index in [1.54, 1.807) is 10.6 Å². The van der Waals surface area contributed by atoms with Crippen molar-refractivity contribution in [3.05, 3.63) is 64.7 Å². The van der Waals surface area contributed by atoms with Gasteiger partial charge in [-0.3, -0.25) is 30.1 Å². The molecule has 2 aromatic carbocycles. The van der Waals surface area contributed by atoms with Gasteiger partial charge in [-0.25, -0.2) is 4.39 Å². The van der Waals surface area contributed by atoms with E-state index in [1.165, 1.54) is 25.1 Å². The zero-order chi connectivity index (χ0) is 22.4. The van der Waals surface area contributed by atoms with Crippen LogP contribution in [0.1, 0.15) is 18.9 Å². The molecule has 1 unspecified atom stereocenters. The Morgan fingerprint density at radius 1 is 1.23 bits per heavy atom. The molecule has 0 aliphatic heterocycles. The van der Waals surface area contributed by atoms with Crippen molar-refractivity contribution in [3.8, 4) is 17.1 Å². The van der Waals surface area contributed by atoms with E-state index in [0.29, 0.717) is 10.6 Å². The van der Waals surface area contributed by atoms with Crippen molar-refractivity contribution in [1.82, 2.24) is 25.6 Å². The largest absolute Gasteiger partial charge is 0.478 e. The minimum absolute atomic E-state index is 0.0468. The van der Waals surface area contributed by atoms with E-state index in [9.17, 15) is 14.0 Å². The Morgan fingerprint density at radius 2 is 2.00 bits per heavy atom. The molecule has 10 heteroatoms. The summed E-state index contributed by atoms with van der Waals surface area (Å²) in [7, 11) is 0. The third-order valence-electron chi connectivity index (χ3n) is 4.43. The van der Waals surface area contributed by atoms with Crippen LogP contribution in [0.3, 0.4) is 0 Å². The van der Waals surface area contributed by atoms with Crippen molar-refractivity contribution in [3.63, 3.8) is 0 Å². The standard InChI is InChI=1S/C21H22FN5O3S/c1-13-6-5-7-15(12-13)19-24-26-21(31)27(19)11-10-18(28)23-25-20(29)14(2)30-17-9-4-3-8-16(17)22/h3-9,12,14H,10-11H2,1-2H3,(H,23,28)(H,25,29)(H,26,31). The minimum atomic E-state index is -1.01. The highest BCUT2D eigenvalue weighted by molar-refractivity contribution is 7.71. The highest BCUT2D eigenvalue weighted by atomic mass is 32.1. The van der Waals surface area contributed by atoms with E-state index in [0.717, 1.165) is 11.1 Å². The molecule has 31 heavy (non-hydrogen) atoms. The van der Waals surface area contributed by atoms with Gasteiger partial charge in [0.1, 0.15) is 0 Å². The Balaban J connectivity index is 1.53. The molecule has 1 atom stereocenters. The number of aryl methyl sites for hydroxylation is 1. The van der Waals surface area contributed by atoms with Gasteiger partial charge in [0, 0.05) is 18.5 Å². The molecule has 8 nitrogen and oxygen atoms in total. The maximum Gasteiger partial charge on any atom is 0.279 e. The molecular formula is C21H22FN5O3S. The van der Waals surface area contributed by atoms with E-state index < -0.39 is 23.7 Å². The molecule has 3 aromatic rings. The summed E-state index contributed by atoms with van der Waals surface area (Å²) in [5.74, 6) is -1.04. The lowest BCUT2D eigenvalue weighted by atomic mass is 10.1. The predicted molar refractivity (Wildman–Crippen MR) is 115 cm³/mol. The highest BCUT2D eigenvalue weighted by Gasteiger charge is 2.17. The van der Waals surface area contributed by atoms with E-state index in [2.05, 4.69) is 21.0 Å². The number of aromatic nitrogens is 3. The van der Waals surface area contributed by atoms with Gasteiger partial charge >= 0.3 is 0 Å². The Hall–Kier alpha value is -3.53. The van der Waals surface area contributed by atoms with E-state index in [-0.39, 0.29) is 18.7 Å². The van der Waals surface area contributed by atoms with Crippen LogP contribution in [0.25, 0.3) is 11.4 Å². The normalized spacial score (nSPS) is 11.6. The minimum Gasteiger partial charge on any atom is -0.478 e. The summed E-state index contributed by atoms with van der Waals surface area (Å²) in [4.78, 5) is 24.3. The first-order chi connectivity index (χ1) is 14.8. The fraction of sp³-hybridized carbons (Fsp3) is 0.238. The van der Waals surface area contributed by atoms with Crippen molar-refractivity contribution >= 4 is 24.0 Å². The van der Waals surface area contributed by atoms with Crippen molar-refractivity contribution in [1.29, 1.82) is 0 Å². The first kappa shape index (κ1) is 22.2. The average Bonchev–Trinajstić information content (AvgIpc) is 3.12. The molecule has 162 valence electrons. The second kappa shape index (κ2) is 9.98. The van der Waals surface area contributed by atoms with Gasteiger partial charge in [-0.2, -0.15) is 5.10 Å². The summed E-state index contributed by atoms with van der Waals surface area (Å²) >= 11 is 5.27. The molecule has 0 aliphatic rings. The van der Waals surface area contributed by atoms with Gasteiger partial charge < -0.3 is 4.74 Å². The summed E-state index contributed by atoms with van der Waals surface area (Å²) in [6, 6.07) is 13.5. The fourth-order valence-electron chi connectivity index (χ4n) is 2.82. The number of halogens is 1. The molecule has 3 N–H and O–H groups in total. The van der Waals surface area contributed by atoms with Gasteiger partial charge in [0.25, 0.3) is 5.91 Å². The monoisotopic (exact) mass is 443 g/mol. The van der Waals surface area contributed by atoms with Crippen LogP contribution in [0, 0.1) is 17.5 Å². The summed E-state index contributed by atoms with van der Waals surface area (Å²) < 4.78 is 21.0. The summed E-state index contributed by atoms with van der Waals surface area (Å²) in [6.07, 6.45) is -0.956. The smallest absolute Gasteiger partial charge is 0.279 e. The number of H-pyrrole nitrogens is 1. The Bertz CT molecular complexity index is 1140. The van der Waals surface area contributed by atoms with Gasteiger partial charge in [0.2, 0.25) is 5.91 Å². The zero-order valence-electron chi connectivity index (χ0n) is 17.0. The second-order valence-corrected chi connectivity index (χ2v) is 7.24. The lowest BCUT2D eigenvalue weighted by molar-refractivity contribution is -0.132. The molecule has 0 spiro atoms. The van der Waals surface area contributed by atoms with Crippen LogP contribution in [0.15, 0.2) is 48.5 Å². The predicted octanol–water partition coefficient (Wildman–Crippen LogP) is 3.06. The molecule has 0 bridgehead atoms. The summed E-state index contributed by atoms with van der Waals surface area (Å²) in [5, 5.41) is 6.99. The number of nitrogens with one attached hydrogen (secondary N) is 3. The SMILES string of the molecule is Cc1cccc(-c2n[nH]c(=S)n2CCC(=O)NNC(=O)C(C)Oc2ccccc2F)c1. The Labute approximate surface area is 183 Å². The maximum absolute atomic E-state index is 13.6. The summed E-state index contributed by atoms with van der Waals surface area (Å²) in [6.45, 7) is 3.69. The van der Waals surface area contributed by atoms with Gasteiger partial charge in [-0.15, -0.1) is 0 Å². The third-order valence-corrected chi connectivity index (χ3v) is 4.74. The van der Waals surface area contributed by atoms with Crippen molar-refractivity contribution in [2.24, 2.45) is 0 Å². The molecule has 0 radical (unpaired) electrons. The quantitative estimate of drug-likeness (QED) is 0.385. The molecule has 0 aliphatic carbocycles. The molecule has 3 rings (SSSR count). The van der Waals surface area contributed by atoms with Crippen molar-refractivity contribution in [2.75, 3.05) is 0 Å². The van der Waals surface area contributed by atoms with Crippen LogP contribution in [-0.2, 0) is 16.1 Å². The van der Waals surface area contributed by atoms with E-state index in [4.69, 9.17) is 17.0 Å². The topological polar surface area (TPSA) is 101 Å². The number of carbonyl (C=O) groups excluding carboxylic acids is 2. The number of ether oxygens (including phenoxy) is 1. The summed E-state index contributed by atoms with van der Waals surface area (Å²) in [5.41, 5.74) is 6.55. The van der Waals surface area contributed by atoms with Crippen molar-refractivity contribution < 1.29 is 18.7 Å². The Kier molecular flexibility index (Phi) is 7.14. The first-order valence-electron chi connectivity index (χ1n) is 9.57. The van der Waals surface area contributed by atoms with Crippen LogP contribution in [0.5, 0.6) is 5.75 Å². The van der Waals surface area contributed by atoms with Crippen LogP contribution < -0.4 is 15.6 Å². The number of carbonyl (C=O) groups is 2. The molecule has 0 saturated carbocycles. The van der Waals surface area contributed by atoms with Gasteiger partial charge in [0.05, 0.1) is 0 Å². The molecule has 1 heterocycles. The van der Waals surface area contributed by atoms with E-state index in [1.807, 2.05) is 31.2 Å². The average molecular weight is 444 g/mol. The highest BCUT2D eigenvalue weighted by Crippen LogP contribution is 2.19. The molecule has 0 fully saturated rings. The number of hydrogen-bond acceptors (Lipinski definition) is 5. The number of amides is 2. The number of aromatic amines is 1. The first-order valence-corrected chi connectivity index (χ1v) is 9.98.